The number of thiophene rings is 1. The fourth-order valence-electron chi connectivity index (χ4n) is 2.06. The molecular formula is C12H17NOS. The Morgan fingerprint density at radius 1 is 1.53 bits per heavy atom. The second-order valence-corrected chi connectivity index (χ2v) is 5.34. The third-order valence-electron chi connectivity index (χ3n) is 2.89. The summed E-state index contributed by atoms with van der Waals surface area (Å²) in [5.74, 6) is 0.937. The minimum atomic E-state index is 0.267. The van der Waals surface area contributed by atoms with Crippen molar-refractivity contribution >= 4 is 17.1 Å². The molecule has 1 aliphatic rings. The lowest BCUT2D eigenvalue weighted by molar-refractivity contribution is -0.120. The van der Waals surface area contributed by atoms with Crippen LogP contribution in [0.1, 0.15) is 49.1 Å². The number of hydrogen-bond acceptors (Lipinski definition) is 3. The number of carbonyl (C=O) groups excluding carboxylic acids is 1. The highest BCUT2D eigenvalue weighted by molar-refractivity contribution is 7.10. The molecule has 1 atom stereocenters. The molecule has 1 fully saturated rings. The van der Waals surface area contributed by atoms with Gasteiger partial charge < -0.3 is 5.32 Å². The van der Waals surface area contributed by atoms with Gasteiger partial charge >= 0.3 is 0 Å². The number of hydrogen-bond donors (Lipinski definition) is 1. The minimum absolute atomic E-state index is 0.267. The van der Waals surface area contributed by atoms with Crippen molar-refractivity contribution in [3.05, 3.63) is 21.9 Å². The van der Waals surface area contributed by atoms with Gasteiger partial charge in [-0.25, -0.2) is 0 Å². The lowest BCUT2D eigenvalue weighted by Gasteiger charge is -2.23. The standard InChI is InChI=1S/C12H17NOS/c1-8(2)10-4-6-15-12(10)11-7-9(14)3-5-13-11/h4,6,8,11,13H,3,5,7H2,1-2H3. The summed E-state index contributed by atoms with van der Waals surface area (Å²) in [4.78, 5) is 12.8. The Balaban J connectivity index is 2.20. The molecule has 2 nitrogen and oxygen atoms in total. The summed E-state index contributed by atoms with van der Waals surface area (Å²) in [6.07, 6.45) is 1.36. The van der Waals surface area contributed by atoms with Crippen molar-refractivity contribution < 1.29 is 4.79 Å². The number of piperidine rings is 1. The summed E-state index contributed by atoms with van der Waals surface area (Å²) < 4.78 is 0. The van der Waals surface area contributed by atoms with Gasteiger partial charge in [-0.15, -0.1) is 11.3 Å². The van der Waals surface area contributed by atoms with Crippen molar-refractivity contribution in [2.45, 2.75) is 38.6 Å². The van der Waals surface area contributed by atoms with Crippen LogP contribution in [-0.2, 0) is 4.79 Å². The van der Waals surface area contributed by atoms with Gasteiger partial charge in [0.1, 0.15) is 5.78 Å². The lowest BCUT2D eigenvalue weighted by atomic mass is 9.96. The lowest BCUT2D eigenvalue weighted by Crippen LogP contribution is -2.31. The first-order valence-electron chi connectivity index (χ1n) is 5.51. The normalized spacial score (nSPS) is 22.3. The van der Waals surface area contributed by atoms with Gasteiger partial charge in [0.2, 0.25) is 0 Å². The van der Waals surface area contributed by atoms with Crippen LogP contribution in [0.2, 0.25) is 0 Å². The van der Waals surface area contributed by atoms with Gasteiger partial charge in [-0.3, -0.25) is 4.79 Å². The van der Waals surface area contributed by atoms with Gasteiger partial charge in [0.05, 0.1) is 0 Å². The third kappa shape index (κ3) is 2.29. The largest absolute Gasteiger partial charge is 0.308 e. The number of nitrogens with one attached hydrogen (secondary N) is 1. The topological polar surface area (TPSA) is 29.1 Å². The van der Waals surface area contributed by atoms with E-state index >= 15 is 0 Å². The first kappa shape index (κ1) is 10.8. The molecule has 1 aromatic heterocycles. The first-order chi connectivity index (χ1) is 7.18. The van der Waals surface area contributed by atoms with Gasteiger partial charge in [0, 0.05) is 30.3 Å². The minimum Gasteiger partial charge on any atom is -0.308 e. The average molecular weight is 223 g/mol. The Morgan fingerprint density at radius 3 is 3.00 bits per heavy atom. The molecule has 2 heterocycles. The van der Waals surface area contributed by atoms with E-state index in [1.165, 1.54) is 10.4 Å². The van der Waals surface area contributed by atoms with E-state index in [0.29, 0.717) is 24.5 Å². The molecule has 0 radical (unpaired) electrons. The Labute approximate surface area is 94.7 Å². The molecule has 1 aliphatic heterocycles. The fraction of sp³-hybridized carbons (Fsp3) is 0.583. The second kappa shape index (κ2) is 4.45. The molecule has 2 rings (SSSR count). The van der Waals surface area contributed by atoms with Crippen molar-refractivity contribution in [1.29, 1.82) is 0 Å². The highest BCUT2D eigenvalue weighted by Gasteiger charge is 2.24. The monoisotopic (exact) mass is 223 g/mol. The van der Waals surface area contributed by atoms with Crippen LogP contribution in [0, 0.1) is 0 Å². The van der Waals surface area contributed by atoms with Crippen LogP contribution in [0.5, 0.6) is 0 Å². The van der Waals surface area contributed by atoms with Crippen LogP contribution in [0.15, 0.2) is 11.4 Å². The summed E-state index contributed by atoms with van der Waals surface area (Å²) in [6, 6.07) is 2.45. The number of rotatable bonds is 2. The molecule has 0 amide bonds. The summed E-state index contributed by atoms with van der Waals surface area (Å²) in [7, 11) is 0. The van der Waals surface area contributed by atoms with Gasteiger partial charge in [-0.05, 0) is 22.9 Å². The number of carbonyl (C=O) groups is 1. The zero-order valence-electron chi connectivity index (χ0n) is 9.25. The molecule has 1 unspecified atom stereocenters. The Hall–Kier alpha value is -0.670. The Bertz CT molecular complexity index is 356. The first-order valence-corrected chi connectivity index (χ1v) is 6.39. The third-order valence-corrected chi connectivity index (χ3v) is 3.94. The smallest absolute Gasteiger partial charge is 0.136 e. The predicted molar refractivity (Wildman–Crippen MR) is 63.4 cm³/mol. The van der Waals surface area contributed by atoms with E-state index in [1.807, 2.05) is 0 Å². The summed E-state index contributed by atoms with van der Waals surface area (Å²) in [6.45, 7) is 5.24. The summed E-state index contributed by atoms with van der Waals surface area (Å²) in [5.41, 5.74) is 1.40. The maximum absolute atomic E-state index is 11.4. The number of Topliss-reactive ketones (excluding diaryl/α,β-unsaturated/α-hetero) is 1. The van der Waals surface area contributed by atoms with Gasteiger partial charge in [-0.2, -0.15) is 0 Å². The van der Waals surface area contributed by atoms with E-state index in [9.17, 15) is 4.79 Å². The molecule has 82 valence electrons. The van der Waals surface area contributed by atoms with E-state index in [-0.39, 0.29) is 6.04 Å². The second-order valence-electron chi connectivity index (χ2n) is 4.39. The fourth-order valence-corrected chi connectivity index (χ4v) is 3.20. The van der Waals surface area contributed by atoms with Crippen LogP contribution < -0.4 is 5.32 Å². The van der Waals surface area contributed by atoms with E-state index in [4.69, 9.17) is 0 Å². The Morgan fingerprint density at radius 2 is 2.33 bits per heavy atom. The van der Waals surface area contributed by atoms with Crippen molar-refractivity contribution in [2.75, 3.05) is 6.54 Å². The molecule has 0 saturated carbocycles. The van der Waals surface area contributed by atoms with Crippen molar-refractivity contribution in [2.24, 2.45) is 0 Å². The average Bonchev–Trinajstić information content (AvgIpc) is 2.65. The molecule has 0 spiro atoms. The summed E-state index contributed by atoms with van der Waals surface area (Å²) >= 11 is 1.77. The van der Waals surface area contributed by atoms with Crippen molar-refractivity contribution in [3.63, 3.8) is 0 Å². The number of ketones is 1. The zero-order valence-corrected chi connectivity index (χ0v) is 10.1. The molecule has 0 bridgehead atoms. The molecule has 15 heavy (non-hydrogen) atoms. The maximum atomic E-state index is 11.4. The van der Waals surface area contributed by atoms with Crippen LogP contribution in [0.25, 0.3) is 0 Å². The van der Waals surface area contributed by atoms with Gasteiger partial charge in [-0.1, -0.05) is 13.8 Å². The van der Waals surface area contributed by atoms with Crippen molar-refractivity contribution in [1.82, 2.24) is 5.32 Å². The highest BCUT2D eigenvalue weighted by atomic mass is 32.1. The van der Waals surface area contributed by atoms with E-state index in [1.54, 1.807) is 11.3 Å². The maximum Gasteiger partial charge on any atom is 0.136 e. The molecule has 1 saturated heterocycles. The van der Waals surface area contributed by atoms with Gasteiger partial charge in [0.25, 0.3) is 0 Å². The molecule has 0 aromatic carbocycles. The molecular weight excluding hydrogens is 206 g/mol. The summed E-state index contributed by atoms with van der Waals surface area (Å²) in [5, 5.41) is 5.57. The van der Waals surface area contributed by atoms with Crippen molar-refractivity contribution in [3.8, 4) is 0 Å². The van der Waals surface area contributed by atoms with Crippen LogP contribution in [0.4, 0.5) is 0 Å². The Kier molecular flexibility index (Phi) is 3.22. The van der Waals surface area contributed by atoms with E-state index in [2.05, 4.69) is 30.6 Å². The molecule has 1 aromatic rings. The van der Waals surface area contributed by atoms with E-state index < -0.39 is 0 Å². The van der Waals surface area contributed by atoms with Crippen LogP contribution in [0.3, 0.4) is 0 Å². The molecule has 1 N–H and O–H groups in total. The van der Waals surface area contributed by atoms with Gasteiger partial charge in [0.15, 0.2) is 0 Å². The molecule has 3 heteroatoms. The quantitative estimate of drug-likeness (QED) is 0.835. The van der Waals surface area contributed by atoms with Crippen LogP contribution in [-0.4, -0.2) is 12.3 Å². The van der Waals surface area contributed by atoms with E-state index in [0.717, 1.165) is 6.54 Å². The zero-order chi connectivity index (χ0) is 10.8. The SMILES string of the molecule is CC(C)c1ccsc1C1CC(=O)CCN1. The highest BCUT2D eigenvalue weighted by Crippen LogP contribution is 2.33. The van der Waals surface area contributed by atoms with Crippen LogP contribution >= 0.6 is 11.3 Å². The molecule has 0 aliphatic carbocycles. The predicted octanol–water partition coefficient (Wildman–Crippen LogP) is 2.87.